The Morgan fingerprint density at radius 2 is 1.93 bits per heavy atom. The van der Waals surface area contributed by atoms with E-state index in [9.17, 15) is 9.59 Å². The third kappa shape index (κ3) is 5.77. The molecule has 1 atom stereocenters. The van der Waals surface area contributed by atoms with E-state index in [1.54, 1.807) is 18.6 Å². The molecular formula is C21H26N4O3. The molecule has 2 aromatic rings. The maximum Gasteiger partial charge on any atom is 0.303 e. The molecule has 148 valence electrons. The number of piperidine rings is 1. The number of rotatable bonds is 8. The fraction of sp³-hybridized carbons (Fsp3) is 0.429. The highest BCUT2D eigenvalue weighted by atomic mass is 16.4. The lowest BCUT2D eigenvalue weighted by Crippen LogP contribution is -2.45. The number of aromatic nitrogens is 2. The molecule has 1 aromatic carbocycles. The summed E-state index contributed by atoms with van der Waals surface area (Å²) in [6.45, 7) is 1.52. The molecule has 1 unspecified atom stereocenters. The summed E-state index contributed by atoms with van der Waals surface area (Å²) in [6, 6.07) is 9.67. The Bertz CT molecular complexity index is 762. The number of hydrogen-bond acceptors (Lipinski definition) is 5. The number of amides is 1. The van der Waals surface area contributed by atoms with E-state index in [0.717, 1.165) is 37.3 Å². The predicted molar refractivity (Wildman–Crippen MR) is 106 cm³/mol. The van der Waals surface area contributed by atoms with Crippen LogP contribution in [-0.2, 0) is 16.0 Å². The van der Waals surface area contributed by atoms with Crippen LogP contribution in [0.5, 0.6) is 0 Å². The molecule has 1 aromatic heterocycles. The monoisotopic (exact) mass is 382 g/mol. The third-order valence-electron chi connectivity index (χ3n) is 5.12. The molecule has 7 nitrogen and oxygen atoms in total. The van der Waals surface area contributed by atoms with E-state index in [1.807, 2.05) is 30.3 Å². The molecule has 1 aliphatic heterocycles. The second-order valence-corrected chi connectivity index (χ2v) is 7.15. The number of hydrogen-bond donors (Lipinski definition) is 2. The van der Waals surface area contributed by atoms with Crippen LogP contribution in [0, 0.1) is 5.92 Å². The largest absolute Gasteiger partial charge is 0.481 e. The molecule has 1 saturated heterocycles. The summed E-state index contributed by atoms with van der Waals surface area (Å²) in [6.07, 6.45) is 7.66. The van der Waals surface area contributed by atoms with Gasteiger partial charge >= 0.3 is 5.97 Å². The van der Waals surface area contributed by atoms with Gasteiger partial charge in [0, 0.05) is 43.9 Å². The van der Waals surface area contributed by atoms with Gasteiger partial charge in [0.25, 0.3) is 0 Å². The molecule has 7 heteroatoms. The van der Waals surface area contributed by atoms with Gasteiger partial charge in [-0.15, -0.1) is 0 Å². The van der Waals surface area contributed by atoms with Gasteiger partial charge in [0.2, 0.25) is 5.91 Å². The van der Waals surface area contributed by atoms with Crippen molar-refractivity contribution >= 4 is 17.7 Å². The number of nitrogens with zero attached hydrogens (tertiary/aromatic N) is 3. The van der Waals surface area contributed by atoms with E-state index >= 15 is 0 Å². The summed E-state index contributed by atoms with van der Waals surface area (Å²) in [5.74, 6) is -0.0458. The Hall–Kier alpha value is -2.96. The number of carbonyl (C=O) groups is 2. The van der Waals surface area contributed by atoms with Crippen molar-refractivity contribution < 1.29 is 14.7 Å². The number of anilines is 1. The van der Waals surface area contributed by atoms with Gasteiger partial charge in [-0.05, 0) is 31.2 Å². The van der Waals surface area contributed by atoms with Crippen LogP contribution in [0.4, 0.5) is 5.82 Å². The van der Waals surface area contributed by atoms with Crippen molar-refractivity contribution in [1.82, 2.24) is 15.3 Å². The summed E-state index contributed by atoms with van der Waals surface area (Å²) < 4.78 is 0. The van der Waals surface area contributed by atoms with E-state index in [1.165, 1.54) is 0 Å². The predicted octanol–water partition coefficient (Wildman–Crippen LogP) is 2.29. The standard InChI is InChI=1S/C21H26N4O3/c26-20(27)7-6-18(14-16-4-2-1-3-5-16)24-21(28)17-8-12-25(13-9-17)19-15-22-10-11-23-19/h1-5,10-11,15,17-18H,6-9,12-14H2,(H,24,28)(H,26,27). The molecule has 3 rings (SSSR count). The summed E-state index contributed by atoms with van der Waals surface area (Å²) in [5.41, 5.74) is 1.09. The smallest absolute Gasteiger partial charge is 0.303 e. The average Bonchev–Trinajstić information content (AvgIpc) is 2.73. The number of carboxylic acids is 1. The number of carboxylic acid groups (broad SMARTS) is 1. The topological polar surface area (TPSA) is 95.4 Å². The minimum Gasteiger partial charge on any atom is -0.481 e. The van der Waals surface area contributed by atoms with Gasteiger partial charge in [0.05, 0.1) is 6.20 Å². The van der Waals surface area contributed by atoms with E-state index in [4.69, 9.17) is 5.11 Å². The molecule has 0 aliphatic carbocycles. The minimum absolute atomic E-state index is 0.0186. The highest BCUT2D eigenvalue weighted by Crippen LogP contribution is 2.22. The number of carbonyl (C=O) groups excluding carboxylic acids is 1. The van der Waals surface area contributed by atoms with E-state index in [0.29, 0.717) is 12.8 Å². The van der Waals surface area contributed by atoms with E-state index in [2.05, 4.69) is 20.2 Å². The molecular weight excluding hydrogens is 356 g/mol. The first-order valence-electron chi connectivity index (χ1n) is 9.69. The van der Waals surface area contributed by atoms with Crippen molar-refractivity contribution in [2.45, 2.75) is 38.1 Å². The quantitative estimate of drug-likeness (QED) is 0.727. The third-order valence-corrected chi connectivity index (χ3v) is 5.12. The molecule has 1 fully saturated rings. The number of nitrogens with one attached hydrogen (secondary N) is 1. The first-order valence-corrected chi connectivity index (χ1v) is 9.69. The van der Waals surface area contributed by atoms with Gasteiger partial charge < -0.3 is 15.3 Å². The zero-order valence-electron chi connectivity index (χ0n) is 15.8. The van der Waals surface area contributed by atoms with Crippen molar-refractivity contribution in [3.05, 3.63) is 54.5 Å². The lowest BCUT2D eigenvalue weighted by atomic mass is 9.94. The minimum atomic E-state index is -0.843. The zero-order chi connectivity index (χ0) is 19.8. The van der Waals surface area contributed by atoms with Crippen LogP contribution in [0.2, 0.25) is 0 Å². The second-order valence-electron chi connectivity index (χ2n) is 7.15. The normalized spacial score (nSPS) is 15.8. The molecule has 0 saturated carbocycles. The molecule has 2 heterocycles. The van der Waals surface area contributed by atoms with Gasteiger partial charge in [0.15, 0.2) is 0 Å². The van der Waals surface area contributed by atoms with Gasteiger partial charge in [-0.3, -0.25) is 14.6 Å². The Morgan fingerprint density at radius 3 is 2.57 bits per heavy atom. The lowest BCUT2D eigenvalue weighted by molar-refractivity contribution is -0.137. The van der Waals surface area contributed by atoms with Crippen LogP contribution in [0.3, 0.4) is 0 Å². The van der Waals surface area contributed by atoms with Crippen molar-refractivity contribution in [3.8, 4) is 0 Å². The van der Waals surface area contributed by atoms with Crippen LogP contribution in [-0.4, -0.2) is 46.1 Å². The number of aliphatic carboxylic acids is 1. The van der Waals surface area contributed by atoms with Crippen LogP contribution in [0.1, 0.15) is 31.2 Å². The maximum atomic E-state index is 12.8. The van der Waals surface area contributed by atoms with Crippen molar-refractivity contribution in [2.75, 3.05) is 18.0 Å². The fourth-order valence-electron chi connectivity index (χ4n) is 3.57. The van der Waals surface area contributed by atoms with Crippen molar-refractivity contribution in [2.24, 2.45) is 5.92 Å². The SMILES string of the molecule is O=C(O)CCC(Cc1ccccc1)NC(=O)C1CCN(c2cnccn2)CC1. The molecule has 0 bridgehead atoms. The number of benzene rings is 1. The van der Waals surface area contributed by atoms with Crippen molar-refractivity contribution in [3.63, 3.8) is 0 Å². The molecule has 28 heavy (non-hydrogen) atoms. The maximum absolute atomic E-state index is 12.8. The first-order chi connectivity index (χ1) is 13.6. The second kappa shape index (κ2) is 9.82. The Labute approximate surface area is 164 Å². The lowest BCUT2D eigenvalue weighted by Gasteiger charge is -2.32. The van der Waals surface area contributed by atoms with Crippen LogP contribution >= 0.6 is 0 Å². The molecule has 2 N–H and O–H groups in total. The van der Waals surface area contributed by atoms with Gasteiger partial charge in [-0.1, -0.05) is 30.3 Å². The highest BCUT2D eigenvalue weighted by Gasteiger charge is 2.27. The van der Waals surface area contributed by atoms with Crippen LogP contribution in [0.15, 0.2) is 48.9 Å². The van der Waals surface area contributed by atoms with E-state index in [-0.39, 0.29) is 24.3 Å². The van der Waals surface area contributed by atoms with Crippen molar-refractivity contribution in [1.29, 1.82) is 0 Å². The molecule has 0 spiro atoms. The van der Waals surface area contributed by atoms with Crippen LogP contribution < -0.4 is 10.2 Å². The van der Waals surface area contributed by atoms with Crippen LogP contribution in [0.25, 0.3) is 0 Å². The average molecular weight is 382 g/mol. The molecule has 1 amide bonds. The molecule has 0 radical (unpaired) electrons. The van der Waals surface area contributed by atoms with Gasteiger partial charge in [-0.2, -0.15) is 0 Å². The first kappa shape index (κ1) is 19.8. The Kier molecular flexibility index (Phi) is 6.94. The summed E-state index contributed by atoms with van der Waals surface area (Å²) in [4.78, 5) is 34.3. The van der Waals surface area contributed by atoms with E-state index < -0.39 is 5.97 Å². The zero-order valence-corrected chi connectivity index (χ0v) is 15.8. The Morgan fingerprint density at radius 1 is 1.18 bits per heavy atom. The fourth-order valence-corrected chi connectivity index (χ4v) is 3.57. The summed E-state index contributed by atoms with van der Waals surface area (Å²) in [5, 5.41) is 12.1. The highest BCUT2D eigenvalue weighted by molar-refractivity contribution is 5.79. The van der Waals surface area contributed by atoms with Gasteiger partial charge in [-0.25, -0.2) is 4.98 Å². The van der Waals surface area contributed by atoms with Gasteiger partial charge in [0.1, 0.15) is 5.82 Å². The summed E-state index contributed by atoms with van der Waals surface area (Å²) in [7, 11) is 0. The summed E-state index contributed by atoms with van der Waals surface area (Å²) >= 11 is 0. The molecule has 1 aliphatic rings. The Balaban J connectivity index is 1.55.